The Labute approximate surface area is 193 Å². The second kappa shape index (κ2) is 9.13. The Hall–Kier alpha value is -2.18. The van der Waals surface area contributed by atoms with Crippen LogP contribution in [0.5, 0.6) is 11.5 Å². The maximum atomic E-state index is 13.1. The van der Waals surface area contributed by atoms with Gasteiger partial charge in [-0.15, -0.1) is 11.3 Å². The van der Waals surface area contributed by atoms with Crippen LogP contribution in [-0.2, 0) is 20.0 Å². The minimum atomic E-state index is -4.24. The van der Waals surface area contributed by atoms with Gasteiger partial charge >= 0.3 is 0 Å². The third kappa shape index (κ3) is 5.18. The number of methoxy groups -OCH3 is 2. The fourth-order valence-corrected chi connectivity index (χ4v) is 6.17. The molecule has 0 aliphatic rings. The first-order chi connectivity index (χ1) is 14.6. The van der Waals surface area contributed by atoms with Gasteiger partial charge in [0.25, 0.3) is 20.0 Å². The summed E-state index contributed by atoms with van der Waals surface area (Å²) in [5.74, 6) is 0.350. The van der Waals surface area contributed by atoms with Gasteiger partial charge in [0.05, 0.1) is 35.6 Å². The summed E-state index contributed by atoms with van der Waals surface area (Å²) < 4.78 is 66.4. The number of benzene rings is 2. The first kappa shape index (κ1) is 23.5. The number of sulfonamides is 2. The molecule has 8 nitrogen and oxygen atoms in total. The Bertz CT molecular complexity index is 1310. The molecule has 3 aromatic rings. The average Bonchev–Trinajstić information content (AvgIpc) is 3.27. The van der Waals surface area contributed by atoms with Crippen molar-refractivity contribution in [1.29, 1.82) is 0 Å². The normalized spacial score (nSPS) is 11.7. The second-order valence-electron chi connectivity index (χ2n) is 5.97. The van der Waals surface area contributed by atoms with Crippen molar-refractivity contribution in [2.45, 2.75) is 9.10 Å². The summed E-state index contributed by atoms with van der Waals surface area (Å²) in [5, 5.41) is 1.66. The Morgan fingerprint density at radius 2 is 1.45 bits per heavy atom. The van der Waals surface area contributed by atoms with Gasteiger partial charge in [-0.3, -0.25) is 9.44 Å². The maximum Gasteiger partial charge on any atom is 0.271 e. The Morgan fingerprint density at radius 1 is 0.839 bits per heavy atom. The number of hydrogen-bond donors (Lipinski definition) is 2. The summed E-state index contributed by atoms with van der Waals surface area (Å²) in [6.45, 7) is 0. The molecule has 0 saturated carbocycles. The largest absolute Gasteiger partial charge is 0.497 e. The van der Waals surface area contributed by atoms with Gasteiger partial charge in [-0.05, 0) is 35.7 Å². The molecule has 13 heteroatoms. The molecule has 1 heterocycles. The number of ether oxygens (including phenoxy) is 2. The molecule has 0 aliphatic heterocycles. The van der Waals surface area contributed by atoms with Crippen LogP contribution >= 0.6 is 34.5 Å². The molecular formula is C18H16Cl2N2O6S3. The number of nitrogens with one attached hydrogen (secondary N) is 2. The Kier molecular flexibility index (Phi) is 6.92. The zero-order valence-corrected chi connectivity index (χ0v) is 20.0. The monoisotopic (exact) mass is 522 g/mol. The third-order valence-corrected chi connectivity index (χ3v) is 8.84. The molecule has 3 rings (SSSR count). The SMILES string of the molecule is COc1ccc(OC)c(S(=O)(=O)Nc2cc(Cl)c(Cl)cc2NS(=O)(=O)c2cccs2)c1. The smallest absolute Gasteiger partial charge is 0.271 e. The molecule has 0 bridgehead atoms. The molecule has 2 aromatic carbocycles. The highest BCUT2D eigenvalue weighted by Crippen LogP contribution is 2.37. The van der Waals surface area contributed by atoms with E-state index in [0.717, 1.165) is 11.3 Å². The van der Waals surface area contributed by atoms with Crippen molar-refractivity contribution in [1.82, 2.24) is 0 Å². The molecule has 0 atom stereocenters. The van der Waals surface area contributed by atoms with Gasteiger partial charge in [-0.25, -0.2) is 16.8 Å². The van der Waals surface area contributed by atoms with Gasteiger partial charge in [0, 0.05) is 6.07 Å². The van der Waals surface area contributed by atoms with Gasteiger partial charge in [0.2, 0.25) is 0 Å². The lowest BCUT2D eigenvalue weighted by Crippen LogP contribution is -2.18. The van der Waals surface area contributed by atoms with Gasteiger partial charge in [-0.1, -0.05) is 29.3 Å². The standard InChI is InChI=1S/C18H16Cl2N2O6S3/c1-27-11-5-6-16(28-2)17(8-11)30(23,24)21-14-9-12(19)13(20)10-15(14)22-31(25,26)18-4-3-7-29-18/h3-10,21-22H,1-2H3. The van der Waals surface area contributed by atoms with E-state index in [1.807, 2.05) is 0 Å². The first-order valence-electron chi connectivity index (χ1n) is 8.37. The van der Waals surface area contributed by atoms with Gasteiger partial charge in [-0.2, -0.15) is 0 Å². The predicted molar refractivity (Wildman–Crippen MR) is 122 cm³/mol. The van der Waals surface area contributed by atoms with E-state index in [1.165, 1.54) is 50.6 Å². The molecule has 2 N–H and O–H groups in total. The van der Waals surface area contributed by atoms with E-state index in [9.17, 15) is 16.8 Å². The van der Waals surface area contributed by atoms with Gasteiger partial charge in [0.1, 0.15) is 20.6 Å². The quantitative estimate of drug-likeness (QED) is 0.444. The molecule has 0 aliphatic carbocycles. The van der Waals surface area contributed by atoms with Gasteiger partial charge in [0.15, 0.2) is 0 Å². The predicted octanol–water partition coefficient (Wildman–Crippen LogP) is 4.67. The highest BCUT2D eigenvalue weighted by atomic mass is 35.5. The van der Waals surface area contributed by atoms with E-state index in [2.05, 4.69) is 9.44 Å². The van der Waals surface area contributed by atoms with Crippen LogP contribution in [0.1, 0.15) is 0 Å². The van der Waals surface area contributed by atoms with E-state index in [1.54, 1.807) is 11.4 Å². The van der Waals surface area contributed by atoms with Crippen molar-refractivity contribution in [3.63, 3.8) is 0 Å². The van der Waals surface area contributed by atoms with E-state index in [4.69, 9.17) is 32.7 Å². The summed E-state index contributed by atoms with van der Waals surface area (Å²) in [5.41, 5.74) is -0.229. The minimum absolute atomic E-state index is 0.0241. The summed E-state index contributed by atoms with van der Waals surface area (Å²) >= 11 is 13.1. The van der Waals surface area contributed by atoms with Crippen LogP contribution in [0.2, 0.25) is 10.0 Å². The molecule has 1 aromatic heterocycles. The molecule has 0 unspecified atom stereocenters. The molecule has 31 heavy (non-hydrogen) atoms. The topological polar surface area (TPSA) is 111 Å². The van der Waals surface area contributed by atoms with Crippen LogP contribution in [0, 0.1) is 0 Å². The number of halogens is 2. The van der Waals surface area contributed by atoms with E-state index >= 15 is 0 Å². The highest BCUT2D eigenvalue weighted by molar-refractivity contribution is 7.94. The van der Waals surface area contributed by atoms with Gasteiger partial charge < -0.3 is 9.47 Å². The molecule has 0 fully saturated rings. The fourth-order valence-electron chi connectivity index (χ4n) is 2.52. The molecular weight excluding hydrogens is 507 g/mol. The average molecular weight is 523 g/mol. The van der Waals surface area contributed by atoms with Crippen LogP contribution < -0.4 is 18.9 Å². The van der Waals surface area contributed by atoms with Crippen molar-refractivity contribution < 1.29 is 26.3 Å². The van der Waals surface area contributed by atoms with Crippen LogP contribution in [0.3, 0.4) is 0 Å². The van der Waals surface area contributed by atoms with Crippen molar-refractivity contribution in [2.24, 2.45) is 0 Å². The number of hydrogen-bond acceptors (Lipinski definition) is 7. The van der Waals surface area contributed by atoms with Crippen LogP contribution in [0.4, 0.5) is 11.4 Å². The lowest BCUT2D eigenvalue weighted by atomic mass is 10.3. The zero-order valence-electron chi connectivity index (χ0n) is 16.0. The first-order valence-corrected chi connectivity index (χ1v) is 13.0. The molecule has 0 spiro atoms. The lowest BCUT2D eigenvalue weighted by Gasteiger charge is -2.17. The summed E-state index contributed by atoms with van der Waals surface area (Å²) in [4.78, 5) is -0.215. The molecule has 166 valence electrons. The maximum absolute atomic E-state index is 13.1. The van der Waals surface area contributed by atoms with Crippen molar-refractivity contribution in [3.05, 3.63) is 57.9 Å². The van der Waals surface area contributed by atoms with Crippen molar-refractivity contribution in [3.8, 4) is 11.5 Å². The van der Waals surface area contributed by atoms with E-state index in [0.29, 0.717) is 0 Å². The zero-order chi connectivity index (χ0) is 22.8. The molecule has 0 amide bonds. The van der Waals surface area contributed by atoms with Crippen LogP contribution in [-0.4, -0.2) is 31.1 Å². The number of thiophene rings is 1. The Morgan fingerprint density at radius 3 is 1.97 bits per heavy atom. The third-order valence-electron chi connectivity index (χ3n) is 3.97. The fraction of sp³-hybridized carbons (Fsp3) is 0.111. The number of anilines is 2. The van der Waals surface area contributed by atoms with Crippen molar-refractivity contribution in [2.75, 3.05) is 23.7 Å². The second-order valence-corrected chi connectivity index (χ2v) is 11.3. The summed E-state index contributed by atoms with van der Waals surface area (Å²) in [6, 6.07) is 9.66. The van der Waals surface area contributed by atoms with Crippen LogP contribution in [0.25, 0.3) is 0 Å². The van der Waals surface area contributed by atoms with E-state index in [-0.39, 0.29) is 42.0 Å². The Balaban J connectivity index is 2.06. The summed E-state index contributed by atoms with van der Waals surface area (Å²) in [7, 11) is -5.51. The summed E-state index contributed by atoms with van der Waals surface area (Å²) in [6.07, 6.45) is 0. The van der Waals surface area contributed by atoms with Crippen molar-refractivity contribution >= 4 is 66.0 Å². The van der Waals surface area contributed by atoms with E-state index < -0.39 is 20.0 Å². The van der Waals surface area contributed by atoms with Crippen LogP contribution in [0.15, 0.2) is 56.9 Å². The number of rotatable bonds is 8. The minimum Gasteiger partial charge on any atom is -0.497 e. The highest BCUT2D eigenvalue weighted by Gasteiger charge is 2.24. The lowest BCUT2D eigenvalue weighted by molar-refractivity contribution is 0.392. The molecule has 0 saturated heterocycles. The molecule has 0 radical (unpaired) electrons.